The zero-order valence-corrected chi connectivity index (χ0v) is 15.2. The zero-order chi connectivity index (χ0) is 18.3. The highest BCUT2D eigenvalue weighted by Gasteiger charge is 2.08. The van der Waals surface area contributed by atoms with Crippen molar-refractivity contribution in [3.05, 3.63) is 78.8 Å². The van der Waals surface area contributed by atoms with Gasteiger partial charge in [0.05, 0.1) is 21.8 Å². The lowest BCUT2D eigenvalue weighted by atomic mass is 10.2. The Hall–Kier alpha value is -2.84. The molecule has 26 heavy (non-hydrogen) atoms. The van der Waals surface area contributed by atoms with Crippen molar-refractivity contribution in [1.82, 2.24) is 19.1 Å². The second kappa shape index (κ2) is 6.47. The van der Waals surface area contributed by atoms with Gasteiger partial charge in [-0.25, -0.2) is 0 Å². The van der Waals surface area contributed by atoms with Crippen molar-refractivity contribution in [2.24, 2.45) is 0 Å². The number of aromatic nitrogens is 4. The molecule has 0 atom stereocenters. The van der Waals surface area contributed by atoms with Crippen molar-refractivity contribution in [2.45, 2.75) is 13.1 Å². The second-order valence-corrected chi connectivity index (χ2v) is 6.64. The Morgan fingerprint density at radius 1 is 0.692 bits per heavy atom. The molecular formula is C18H14N4O2S2. The van der Waals surface area contributed by atoms with Crippen LogP contribution in [0.15, 0.2) is 58.1 Å². The van der Waals surface area contributed by atoms with Crippen LogP contribution in [0, 0.1) is 9.54 Å². The van der Waals surface area contributed by atoms with Crippen molar-refractivity contribution in [3.63, 3.8) is 0 Å². The summed E-state index contributed by atoms with van der Waals surface area (Å²) in [4.78, 5) is 31.5. The number of H-pyrrole nitrogens is 2. The normalized spacial score (nSPS) is 11.2. The van der Waals surface area contributed by atoms with Gasteiger partial charge in [0, 0.05) is 13.1 Å². The summed E-state index contributed by atoms with van der Waals surface area (Å²) in [6.07, 6.45) is 0. The number of nitrogens with zero attached hydrogens (tertiary/aromatic N) is 2. The molecule has 8 heteroatoms. The fourth-order valence-electron chi connectivity index (χ4n) is 3.00. The molecule has 0 fully saturated rings. The number of benzene rings is 2. The van der Waals surface area contributed by atoms with E-state index in [1.54, 1.807) is 36.4 Å². The SMILES string of the molecule is O=c1c2ccccc2[nH]c(=S)n1CCn1c(=S)[nH]c2ccccc2c1=O. The van der Waals surface area contributed by atoms with Gasteiger partial charge in [0.1, 0.15) is 0 Å². The van der Waals surface area contributed by atoms with Crippen LogP contribution in [0.3, 0.4) is 0 Å². The summed E-state index contributed by atoms with van der Waals surface area (Å²) in [7, 11) is 0. The molecule has 0 spiro atoms. The van der Waals surface area contributed by atoms with Gasteiger partial charge in [-0.05, 0) is 48.7 Å². The third kappa shape index (κ3) is 2.73. The molecule has 0 radical (unpaired) electrons. The highest BCUT2D eigenvalue weighted by atomic mass is 32.1. The molecule has 4 aromatic rings. The summed E-state index contributed by atoms with van der Waals surface area (Å²) in [6.45, 7) is 0.490. The first-order valence-electron chi connectivity index (χ1n) is 8.00. The zero-order valence-electron chi connectivity index (χ0n) is 13.6. The number of rotatable bonds is 3. The van der Waals surface area contributed by atoms with Gasteiger partial charge in [-0.1, -0.05) is 24.3 Å². The van der Waals surface area contributed by atoms with E-state index in [4.69, 9.17) is 24.4 Å². The van der Waals surface area contributed by atoms with E-state index in [9.17, 15) is 9.59 Å². The van der Waals surface area contributed by atoms with Crippen molar-refractivity contribution in [2.75, 3.05) is 0 Å². The summed E-state index contributed by atoms with van der Waals surface area (Å²) in [5.41, 5.74) is 1.01. The number of nitrogens with one attached hydrogen (secondary N) is 2. The standard InChI is InChI=1S/C18H14N4O2S2/c23-15-11-5-1-3-7-13(11)19-17(25)21(15)9-10-22-16(24)12-6-2-4-8-14(12)20-18(22)26/h1-8H,9-10H2,(H,19,25)(H,20,26). The van der Waals surface area contributed by atoms with Crippen molar-refractivity contribution in [3.8, 4) is 0 Å². The Morgan fingerprint density at radius 2 is 1.08 bits per heavy atom. The maximum Gasteiger partial charge on any atom is 0.262 e. The fourth-order valence-corrected chi connectivity index (χ4v) is 3.57. The van der Waals surface area contributed by atoms with Crippen molar-refractivity contribution in [1.29, 1.82) is 0 Å². The summed E-state index contributed by atoms with van der Waals surface area (Å²) in [5.74, 6) is 0. The number of aromatic amines is 2. The van der Waals surface area contributed by atoms with Crippen LogP contribution in [0.4, 0.5) is 0 Å². The summed E-state index contributed by atoms with van der Waals surface area (Å²) in [5, 5.41) is 1.11. The molecule has 0 aliphatic carbocycles. The van der Waals surface area contributed by atoms with Crippen molar-refractivity contribution >= 4 is 46.2 Å². The molecule has 2 aromatic carbocycles. The predicted molar refractivity (Wildman–Crippen MR) is 107 cm³/mol. The monoisotopic (exact) mass is 382 g/mol. The first-order valence-corrected chi connectivity index (χ1v) is 8.81. The van der Waals surface area contributed by atoms with Crippen LogP contribution in [0.5, 0.6) is 0 Å². The quantitative estimate of drug-likeness (QED) is 0.534. The van der Waals surface area contributed by atoms with E-state index in [0.29, 0.717) is 31.3 Å². The van der Waals surface area contributed by atoms with Crippen LogP contribution in [0.25, 0.3) is 21.8 Å². The third-order valence-corrected chi connectivity index (χ3v) is 4.97. The molecule has 2 N–H and O–H groups in total. The van der Waals surface area contributed by atoms with Gasteiger partial charge in [-0.2, -0.15) is 0 Å². The summed E-state index contributed by atoms with van der Waals surface area (Å²) in [6, 6.07) is 14.4. The van der Waals surface area contributed by atoms with Crippen LogP contribution in [0.2, 0.25) is 0 Å². The highest BCUT2D eigenvalue weighted by molar-refractivity contribution is 7.71. The molecule has 2 heterocycles. The molecule has 0 saturated carbocycles. The van der Waals surface area contributed by atoms with Crippen molar-refractivity contribution < 1.29 is 0 Å². The molecule has 0 aliphatic heterocycles. The van der Waals surface area contributed by atoms with Gasteiger partial charge in [0.15, 0.2) is 9.54 Å². The Kier molecular flexibility index (Phi) is 4.14. The largest absolute Gasteiger partial charge is 0.332 e. The lowest BCUT2D eigenvalue weighted by Gasteiger charge is -2.11. The molecule has 0 unspecified atom stereocenters. The summed E-state index contributed by atoms with van der Waals surface area (Å²) >= 11 is 10.6. The molecule has 130 valence electrons. The molecule has 2 aromatic heterocycles. The van der Waals surface area contributed by atoms with Gasteiger partial charge in [0.2, 0.25) is 0 Å². The molecule has 4 rings (SSSR count). The van der Waals surface area contributed by atoms with E-state index < -0.39 is 0 Å². The van der Waals surface area contributed by atoms with Gasteiger partial charge < -0.3 is 9.97 Å². The first kappa shape index (κ1) is 16.6. The smallest absolute Gasteiger partial charge is 0.262 e. The number of fused-ring (bicyclic) bond motifs is 2. The summed E-state index contributed by atoms with van der Waals surface area (Å²) < 4.78 is 3.54. The Labute approximate surface area is 157 Å². The topological polar surface area (TPSA) is 75.6 Å². The fraction of sp³-hybridized carbons (Fsp3) is 0.111. The van der Waals surface area contributed by atoms with E-state index in [1.165, 1.54) is 9.13 Å². The molecule has 0 aliphatic rings. The van der Waals surface area contributed by atoms with E-state index in [-0.39, 0.29) is 24.2 Å². The van der Waals surface area contributed by atoms with E-state index in [2.05, 4.69) is 9.97 Å². The van der Waals surface area contributed by atoms with Crippen LogP contribution in [-0.4, -0.2) is 19.1 Å². The van der Waals surface area contributed by atoms with E-state index >= 15 is 0 Å². The average molecular weight is 382 g/mol. The van der Waals surface area contributed by atoms with Gasteiger partial charge in [-0.15, -0.1) is 0 Å². The minimum absolute atomic E-state index is 0.187. The van der Waals surface area contributed by atoms with E-state index in [0.717, 1.165) is 0 Å². The molecule has 6 nitrogen and oxygen atoms in total. The highest BCUT2D eigenvalue weighted by Crippen LogP contribution is 2.07. The minimum atomic E-state index is -0.187. The Bertz CT molecular complexity index is 1270. The molecule has 0 saturated heterocycles. The van der Waals surface area contributed by atoms with Gasteiger partial charge >= 0.3 is 0 Å². The minimum Gasteiger partial charge on any atom is -0.332 e. The average Bonchev–Trinajstić information content (AvgIpc) is 2.64. The van der Waals surface area contributed by atoms with Crippen LogP contribution >= 0.6 is 24.4 Å². The lowest BCUT2D eigenvalue weighted by molar-refractivity contribution is 0.537. The number of hydrogen-bond acceptors (Lipinski definition) is 4. The third-order valence-electron chi connectivity index (χ3n) is 4.33. The molecule has 0 amide bonds. The maximum atomic E-state index is 12.7. The van der Waals surface area contributed by atoms with Crippen LogP contribution in [-0.2, 0) is 13.1 Å². The van der Waals surface area contributed by atoms with E-state index in [1.807, 2.05) is 12.1 Å². The lowest BCUT2D eigenvalue weighted by Crippen LogP contribution is -2.29. The van der Waals surface area contributed by atoms with Gasteiger partial charge in [0.25, 0.3) is 11.1 Å². The van der Waals surface area contributed by atoms with Gasteiger partial charge in [-0.3, -0.25) is 18.7 Å². The number of hydrogen-bond donors (Lipinski definition) is 2. The Morgan fingerprint density at radius 3 is 1.50 bits per heavy atom. The Balaban J connectivity index is 1.79. The van der Waals surface area contributed by atoms with Crippen LogP contribution < -0.4 is 11.1 Å². The predicted octanol–water partition coefficient (Wildman–Crippen LogP) is 3.13. The maximum absolute atomic E-state index is 12.7. The second-order valence-electron chi connectivity index (χ2n) is 5.87. The van der Waals surface area contributed by atoms with Crippen LogP contribution in [0.1, 0.15) is 0 Å². The first-order chi connectivity index (χ1) is 12.6. The number of para-hydroxylation sites is 2. The molecule has 0 bridgehead atoms. The molecular weight excluding hydrogens is 368 g/mol.